The lowest BCUT2D eigenvalue weighted by molar-refractivity contribution is -0.0907. The van der Waals surface area contributed by atoms with E-state index in [-0.39, 0.29) is 18.3 Å². The summed E-state index contributed by atoms with van der Waals surface area (Å²) >= 11 is 0. The van der Waals surface area contributed by atoms with Crippen LogP contribution in [0.5, 0.6) is 0 Å². The van der Waals surface area contributed by atoms with Gasteiger partial charge in [-0.1, -0.05) is 0 Å². The lowest BCUT2D eigenvalue weighted by atomic mass is 10.0. The maximum atomic E-state index is 9.19. The van der Waals surface area contributed by atoms with Crippen LogP contribution < -0.4 is 0 Å². The van der Waals surface area contributed by atoms with Gasteiger partial charge in [0.05, 0.1) is 19.3 Å². The summed E-state index contributed by atoms with van der Waals surface area (Å²) in [6.45, 7) is 1.20. The molecule has 1 N–H and O–H groups in total. The number of ether oxygens (including phenoxy) is 2. The van der Waals surface area contributed by atoms with Crippen molar-refractivity contribution in [3.63, 3.8) is 0 Å². The number of aliphatic hydroxyl groups excluding tert-OH is 1. The summed E-state index contributed by atoms with van der Waals surface area (Å²) in [7, 11) is 0. The van der Waals surface area contributed by atoms with Gasteiger partial charge in [-0.2, -0.15) is 0 Å². The van der Waals surface area contributed by atoms with E-state index in [1.807, 2.05) is 0 Å². The molecule has 0 amide bonds. The smallest absolute Gasteiger partial charge is 0.163 e. The zero-order valence-electron chi connectivity index (χ0n) is 5.12. The minimum Gasteiger partial charge on any atom is -0.390 e. The molecule has 0 aromatic rings. The van der Waals surface area contributed by atoms with Gasteiger partial charge >= 0.3 is 0 Å². The van der Waals surface area contributed by atoms with E-state index in [0.717, 1.165) is 13.0 Å². The van der Waals surface area contributed by atoms with Crippen molar-refractivity contribution in [3.8, 4) is 0 Å². The highest BCUT2D eigenvalue weighted by Crippen LogP contribution is 2.30. The molecule has 0 aliphatic carbocycles. The quantitative estimate of drug-likeness (QED) is 0.491. The van der Waals surface area contributed by atoms with Crippen LogP contribution in [0, 0.1) is 5.92 Å². The first kappa shape index (κ1) is 5.65. The Morgan fingerprint density at radius 1 is 1.33 bits per heavy atom. The number of rotatable bonds is 0. The highest BCUT2D eigenvalue weighted by Gasteiger charge is 2.40. The third-order valence-electron chi connectivity index (χ3n) is 2.01. The first-order valence-corrected chi connectivity index (χ1v) is 3.29. The Hall–Kier alpha value is -0.120. The summed E-state index contributed by atoms with van der Waals surface area (Å²) in [5, 5.41) is 9.19. The largest absolute Gasteiger partial charge is 0.390 e. The molecule has 3 heteroatoms. The van der Waals surface area contributed by atoms with Crippen LogP contribution in [-0.4, -0.2) is 30.7 Å². The average Bonchev–Trinajstić information content (AvgIpc) is 2.35. The van der Waals surface area contributed by atoms with E-state index in [2.05, 4.69) is 0 Å². The third kappa shape index (κ3) is 0.764. The summed E-state index contributed by atoms with van der Waals surface area (Å²) < 4.78 is 10.3. The molecular weight excluding hydrogens is 120 g/mol. The molecule has 52 valence electrons. The Labute approximate surface area is 53.6 Å². The molecule has 2 aliphatic rings. The molecule has 2 aliphatic heterocycles. The van der Waals surface area contributed by atoms with Crippen LogP contribution in [0.25, 0.3) is 0 Å². The Morgan fingerprint density at radius 3 is 3.00 bits per heavy atom. The zero-order valence-corrected chi connectivity index (χ0v) is 5.12. The lowest BCUT2D eigenvalue weighted by Gasteiger charge is -2.06. The van der Waals surface area contributed by atoms with E-state index >= 15 is 0 Å². The average molecular weight is 130 g/mol. The minimum atomic E-state index is -0.280. The molecular formula is C6H10O3. The van der Waals surface area contributed by atoms with Gasteiger partial charge in [0, 0.05) is 5.92 Å². The van der Waals surface area contributed by atoms with Crippen LogP contribution in [0.3, 0.4) is 0 Å². The van der Waals surface area contributed by atoms with E-state index in [0.29, 0.717) is 6.61 Å². The van der Waals surface area contributed by atoms with Crippen LogP contribution in [0.2, 0.25) is 0 Å². The monoisotopic (exact) mass is 130 g/mol. The van der Waals surface area contributed by atoms with Crippen LogP contribution in [-0.2, 0) is 9.47 Å². The van der Waals surface area contributed by atoms with Gasteiger partial charge in [0.15, 0.2) is 6.29 Å². The molecule has 3 atom stereocenters. The summed E-state index contributed by atoms with van der Waals surface area (Å²) in [6, 6.07) is 0. The highest BCUT2D eigenvalue weighted by molar-refractivity contribution is 4.81. The van der Waals surface area contributed by atoms with E-state index in [4.69, 9.17) is 9.47 Å². The number of aliphatic hydroxyl groups is 1. The molecule has 0 spiro atoms. The molecule has 2 heterocycles. The van der Waals surface area contributed by atoms with E-state index in [1.54, 1.807) is 0 Å². The van der Waals surface area contributed by atoms with E-state index in [9.17, 15) is 5.11 Å². The normalized spacial score (nSPS) is 49.7. The predicted octanol–water partition coefficient (Wildman–Crippen LogP) is -0.260. The van der Waals surface area contributed by atoms with Crippen molar-refractivity contribution in [2.75, 3.05) is 13.2 Å². The van der Waals surface area contributed by atoms with E-state index in [1.165, 1.54) is 0 Å². The second-order valence-corrected chi connectivity index (χ2v) is 2.59. The van der Waals surface area contributed by atoms with Gasteiger partial charge in [0.1, 0.15) is 0 Å². The maximum Gasteiger partial charge on any atom is 0.163 e. The number of hydrogen-bond acceptors (Lipinski definition) is 3. The van der Waals surface area contributed by atoms with Gasteiger partial charge in [0.2, 0.25) is 0 Å². The van der Waals surface area contributed by atoms with Crippen molar-refractivity contribution in [3.05, 3.63) is 0 Å². The van der Waals surface area contributed by atoms with Crippen molar-refractivity contribution in [2.24, 2.45) is 5.92 Å². The van der Waals surface area contributed by atoms with Crippen LogP contribution >= 0.6 is 0 Å². The standard InChI is InChI=1S/C6H10O3/c7-5-3-9-6-4(5)1-2-8-6/h4-7H,1-3H2/t4-,5?,6+/m1/s1. The summed E-state index contributed by atoms with van der Waals surface area (Å²) in [5.41, 5.74) is 0. The fourth-order valence-corrected chi connectivity index (χ4v) is 1.44. The molecule has 9 heavy (non-hydrogen) atoms. The second kappa shape index (κ2) is 1.94. The molecule has 1 unspecified atom stereocenters. The molecule has 2 saturated heterocycles. The lowest BCUT2D eigenvalue weighted by Crippen LogP contribution is -2.18. The Balaban J connectivity index is 2.07. The fraction of sp³-hybridized carbons (Fsp3) is 1.00. The van der Waals surface area contributed by atoms with Gasteiger partial charge in [-0.15, -0.1) is 0 Å². The van der Waals surface area contributed by atoms with Crippen molar-refractivity contribution < 1.29 is 14.6 Å². The van der Waals surface area contributed by atoms with E-state index < -0.39 is 0 Å². The van der Waals surface area contributed by atoms with Crippen molar-refractivity contribution >= 4 is 0 Å². The first-order valence-electron chi connectivity index (χ1n) is 3.29. The van der Waals surface area contributed by atoms with Gasteiger partial charge in [-0.05, 0) is 6.42 Å². The fourth-order valence-electron chi connectivity index (χ4n) is 1.44. The summed E-state index contributed by atoms with van der Waals surface area (Å²) in [6.07, 6.45) is 0.573. The maximum absolute atomic E-state index is 9.19. The topological polar surface area (TPSA) is 38.7 Å². The zero-order chi connectivity index (χ0) is 6.27. The summed E-state index contributed by atoms with van der Waals surface area (Å²) in [5.74, 6) is 0.255. The number of fused-ring (bicyclic) bond motifs is 1. The molecule has 0 aromatic heterocycles. The Kier molecular flexibility index (Phi) is 1.22. The Bertz CT molecular complexity index is 115. The highest BCUT2D eigenvalue weighted by atomic mass is 16.7. The van der Waals surface area contributed by atoms with Crippen LogP contribution in [0.15, 0.2) is 0 Å². The molecule has 2 rings (SSSR count). The Morgan fingerprint density at radius 2 is 2.22 bits per heavy atom. The summed E-state index contributed by atoms with van der Waals surface area (Å²) in [4.78, 5) is 0. The van der Waals surface area contributed by atoms with Gasteiger partial charge in [-0.25, -0.2) is 0 Å². The SMILES string of the molecule is OC1CO[C@@H]2OCC[C@H]12. The van der Waals surface area contributed by atoms with Crippen LogP contribution in [0.4, 0.5) is 0 Å². The molecule has 0 bridgehead atoms. The van der Waals surface area contributed by atoms with Crippen molar-refractivity contribution in [2.45, 2.75) is 18.8 Å². The van der Waals surface area contributed by atoms with Crippen LogP contribution in [0.1, 0.15) is 6.42 Å². The van der Waals surface area contributed by atoms with Crippen molar-refractivity contribution in [1.29, 1.82) is 0 Å². The second-order valence-electron chi connectivity index (χ2n) is 2.59. The molecule has 0 aromatic carbocycles. The molecule has 2 fully saturated rings. The number of hydrogen-bond donors (Lipinski definition) is 1. The van der Waals surface area contributed by atoms with Gasteiger partial charge in [0.25, 0.3) is 0 Å². The molecule has 0 radical (unpaired) electrons. The molecule has 3 nitrogen and oxygen atoms in total. The van der Waals surface area contributed by atoms with Gasteiger partial charge < -0.3 is 14.6 Å². The predicted molar refractivity (Wildman–Crippen MR) is 29.8 cm³/mol. The minimum absolute atomic E-state index is 0.0972. The van der Waals surface area contributed by atoms with Crippen molar-refractivity contribution in [1.82, 2.24) is 0 Å². The molecule has 0 saturated carbocycles. The first-order chi connectivity index (χ1) is 4.38. The van der Waals surface area contributed by atoms with Gasteiger partial charge in [-0.3, -0.25) is 0 Å². The third-order valence-corrected chi connectivity index (χ3v) is 2.01.